The van der Waals surface area contributed by atoms with Gasteiger partial charge in [0.2, 0.25) is 0 Å². The number of esters is 1. The second-order valence-electron chi connectivity index (χ2n) is 11.1. The number of rotatable bonds is 4. The average Bonchev–Trinajstić information content (AvgIpc) is 3.40. The van der Waals surface area contributed by atoms with Crippen molar-refractivity contribution >= 4 is 5.97 Å². The maximum atomic E-state index is 13.2. The minimum absolute atomic E-state index is 0.0159. The Kier molecular flexibility index (Phi) is 4.75. The van der Waals surface area contributed by atoms with Crippen LogP contribution in [0.4, 0.5) is 0 Å². The first kappa shape index (κ1) is 20.2. The van der Waals surface area contributed by atoms with E-state index in [1.165, 1.54) is 12.0 Å². The Bertz CT molecular complexity index is 838. The van der Waals surface area contributed by atoms with E-state index in [2.05, 4.69) is 54.0 Å². The van der Waals surface area contributed by atoms with E-state index in [-0.39, 0.29) is 29.2 Å². The summed E-state index contributed by atoms with van der Waals surface area (Å²) in [6.45, 7) is 10.7. The molecule has 7 atom stereocenters. The van der Waals surface area contributed by atoms with Gasteiger partial charge in [0.05, 0.1) is 11.5 Å². The standard InChI is InChI=1S/C26H36N2O3/c1-18-8-9-22-20(23(29)30-26(22)21(18)10-11-25(2)24(26)31-25)17-28-14-12-27(13-15-28)16-19-6-4-3-5-7-19/h3-7,18,20-22,24H,8-17H2,1-2H3/t18-,20+,21+,22+,24-,25-,26-/m1/s1. The molecule has 0 aromatic heterocycles. The summed E-state index contributed by atoms with van der Waals surface area (Å²) in [4.78, 5) is 18.3. The van der Waals surface area contributed by atoms with Gasteiger partial charge in [-0.1, -0.05) is 37.3 Å². The molecule has 5 heteroatoms. The highest BCUT2D eigenvalue weighted by Gasteiger charge is 2.77. The number of piperazine rings is 1. The summed E-state index contributed by atoms with van der Waals surface area (Å²) in [5, 5.41) is 0. The highest BCUT2D eigenvalue weighted by Crippen LogP contribution is 2.66. The van der Waals surface area contributed by atoms with Gasteiger partial charge in [0.1, 0.15) is 11.7 Å². The van der Waals surface area contributed by atoms with Crippen LogP contribution in [-0.2, 0) is 20.8 Å². The average molecular weight is 425 g/mol. The fourth-order valence-electron chi connectivity index (χ4n) is 7.51. The third-order valence-electron chi connectivity index (χ3n) is 9.26. The van der Waals surface area contributed by atoms with Gasteiger partial charge in [0.15, 0.2) is 0 Å². The van der Waals surface area contributed by atoms with Crippen molar-refractivity contribution in [3.8, 4) is 0 Å². The quantitative estimate of drug-likeness (QED) is 0.548. The number of nitrogens with zero attached hydrogens (tertiary/aromatic N) is 2. The lowest BCUT2D eigenvalue weighted by Crippen LogP contribution is -2.58. The molecule has 3 saturated heterocycles. The van der Waals surface area contributed by atoms with Gasteiger partial charge in [0, 0.05) is 51.1 Å². The molecule has 3 heterocycles. The lowest BCUT2D eigenvalue weighted by molar-refractivity contribution is -0.168. The molecule has 6 rings (SSSR count). The van der Waals surface area contributed by atoms with Crippen LogP contribution >= 0.6 is 0 Å². The number of carbonyl (C=O) groups is 1. The van der Waals surface area contributed by atoms with Gasteiger partial charge < -0.3 is 9.47 Å². The molecule has 0 N–H and O–H groups in total. The van der Waals surface area contributed by atoms with Crippen molar-refractivity contribution in [2.75, 3.05) is 32.7 Å². The molecule has 0 radical (unpaired) electrons. The molecule has 0 bridgehead atoms. The fourth-order valence-corrected chi connectivity index (χ4v) is 7.51. The Balaban J connectivity index is 1.13. The zero-order valence-corrected chi connectivity index (χ0v) is 19.0. The van der Waals surface area contributed by atoms with Crippen LogP contribution in [0.3, 0.4) is 0 Å². The topological polar surface area (TPSA) is 45.3 Å². The highest BCUT2D eigenvalue weighted by molar-refractivity contribution is 5.77. The molecule has 0 unspecified atom stereocenters. The molecule has 1 aromatic rings. The number of ether oxygens (including phenoxy) is 2. The lowest BCUT2D eigenvalue weighted by atomic mass is 9.55. The molecule has 5 aliphatic rings. The van der Waals surface area contributed by atoms with E-state index in [0.29, 0.717) is 17.8 Å². The van der Waals surface area contributed by atoms with E-state index in [4.69, 9.17) is 9.47 Å². The first-order chi connectivity index (χ1) is 15.0. The smallest absolute Gasteiger partial charge is 0.311 e. The molecule has 2 aliphatic carbocycles. The van der Waals surface area contributed by atoms with Gasteiger partial charge in [-0.15, -0.1) is 0 Å². The molecule has 0 amide bonds. The van der Waals surface area contributed by atoms with E-state index in [9.17, 15) is 4.79 Å². The van der Waals surface area contributed by atoms with Crippen LogP contribution in [0.15, 0.2) is 30.3 Å². The summed E-state index contributed by atoms with van der Waals surface area (Å²) < 4.78 is 12.6. The molecule has 1 spiro atoms. The second kappa shape index (κ2) is 7.29. The Labute approximate surface area is 186 Å². The molecule has 2 saturated carbocycles. The van der Waals surface area contributed by atoms with Crippen LogP contribution in [0.5, 0.6) is 0 Å². The summed E-state index contributed by atoms with van der Waals surface area (Å²) in [5.41, 5.74) is 0.982. The van der Waals surface area contributed by atoms with Crippen LogP contribution in [-0.4, -0.2) is 65.8 Å². The number of hydrogen-bond donors (Lipinski definition) is 0. The monoisotopic (exact) mass is 424 g/mol. The molecule has 3 aliphatic heterocycles. The van der Waals surface area contributed by atoms with Gasteiger partial charge in [-0.05, 0) is 44.1 Å². The van der Waals surface area contributed by atoms with E-state index in [1.807, 2.05) is 0 Å². The van der Waals surface area contributed by atoms with Crippen molar-refractivity contribution in [1.29, 1.82) is 0 Å². The van der Waals surface area contributed by atoms with Crippen LogP contribution in [0.1, 0.15) is 45.1 Å². The molecular weight excluding hydrogens is 388 g/mol. The van der Waals surface area contributed by atoms with Gasteiger partial charge in [-0.3, -0.25) is 14.6 Å². The number of benzene rings is 1. The highest BCUT2D eigenvalue weighted by atomic mass is 16.7. The largest absolute Gasteiger partial charge is 0.455 e. The van der Waals surface area contributed by atoms with Crippen LogP contribution in [0, 0.1) is 23.7 Å². The molecule has 5 fully saturated rings. The van der Waals surface area contributed by atoms with Crippen molar-refractivity contribution < 1.29 is 14.3 Å². The Morgan fingerprint density at radius 2 is 1.74 bits per heavy atom. The third kappa shape index (κ3) is 3.19. The predicted molar refractivity (Wildman–Crippen MR) is 118 cm³/mol. The first-order valence-corrected chi connectivity index (χ1v) is 12.4. The molecular formula is C26H36N2O3. The zero-order valence-electron chi connectivity index (χ0n) is 19.0. The summed E-state index contributed by atoms with van der Waals surface area (Å²) >= 11 is 0. The van der Waals surface area contributed by atoms with E-state index in [1.54, 1.807) is 0 Å². The minimum atomic E-state index is -0.346. The van der Waals surface area contributed by atoms with Crippen molar-refractivity contribution in [3.05, 3.63) is 35.9 Å². The van der Waals surface area contributed by atoms with Gasteiger partial charge in [-0.2, -0.15) is 0 Å². The normalized spacial score (nSPS) is 44.8. The Morgan fingerprint density at radius 1 is 1.00 bits per heavy atom. The lowest BCUT2D eigenvalue weighted by Gasteiger charge is -2.50. The zero-order chi connectivity index (χ0) is 21.2. The minimum Gasteiger partial charge on any atom is -0.455 e. The SMILES string of the molecule is C[C@@H]1CC[C@H]2[C@H](CN3CCN(Cc4ccccc4)CC3)C(=O)O[C@]23[C@H]1CC[C@@]1(C)O[C@@H]31. The number of hydrogen-bond acceptors (Lipinski definition) is 5. The third-order valence-corrected chi connectivity index (χ3v) is 9.26. The van der Waals surface area contributed by atoms with Crippen LogP contribution in [0.25, 0.3) is 0 Å². The van der Waals surface area contributed by atoms with E-state index >= 15 is 0 Å². The van der Waals surface area contributed by atoms with Gasteiger partial charge in [-0.25, -0.2) is 0 Å². The Morgan fingerprint density at radius 3 is 2.52 bits per heavy atom. The van der Waals surface area contributed by atoms with Crippen LogP contribution < -0.4 is 0 Å². The maximum Gasteiger partial charge on any atom is 0.311 e. The fraction of sp³-hybridized carbons (Fsp3) is 0.731. The number of epoxide rings is 1. The van der Waals surface area contributed by atoms with Gasteiger partial charge >= 0.3 is 5.97 Å². The van der Waals surface area contributed by atoms with Crippen molar-refractivity contribution in [1.82, 2.24) is 9.80 Å². The van der Waals surface area contributed by atoms with Gasteiger partial charge in [0.25, 0.3) is 0 Å². The molecule has 31 heavy (non-hydrogen) atoms. The summed E-state index contributed by atoms with van der Waals surface area (Å²) in [5.74, 6) is 1.50. The summed E-state index contributed by atoms with van der Waals surface area (Å²) in [6.07, 6.45) is 4.72. The summed E-state index contributed by atoms with van der Waals surface area (Å²) in [6, 6.07) is 10.7. The molecule has 1 aromatic carbocycles. The predicted octanol–water partition coefficient (Wildman–Crippen LogP) is 3.33. The first-order valence-electron chi connectivity index (χ1n) is 12.4. The number of fused-ring (bicyclic) bond motifs is 1. The number of carbonyl (C=O) groups excluding carboxylic acids is 1. The van der Waals surface area contributed by atoms with Crippen molar-refractivity contribution in [2.24, 2.45) is 23.7 Å². The molecule has 5 nitrogen and oxygen atoms in total. The van der Waals surface area contributed by atoms with E-state index < -0.39 is 0 Å². The second-order valence-corrected chi connectivity index (χ2v) is 11.1. The maximum absolute atomic E-state index is 13.2. The van der Waals surface area contributed by atoms with Crippen molar-refractivity contribution in [3.63, 3.8) is 0 Å². The summed E-state index contributed by atoms with van der Waals surface area (Å²) in [7, 11) is 0. The van der Waals surface area contributed by atoms with E-state index in [0.717, 1.165) is 58.5 Å². The van der Waals surface area contributed by atoms with Crippen molar-refractivity contribution in [2.45, 2.75) is 63.4 Å². The Hall–Kier alpha value is -1.43. The van der Waals surface area contributed by atoms with Crippen LogP contribution in [0.2, 0.25) is 0 Å². The molecule has 168 valence electrons.